The molecule has 1 unspecified atom stereocenters. The Morgan fingerprint density at radius 2 is 2.06 bits per heavy atom. The van der Waals surface area contributed by atoms with Crippen LogP contribution in [-0.4, -0.2) is 62.9 Å². The number of hydrogen-bond acceptors (Lipinski definition) is 5. The quantitative estimate of drug-likeness (QED) is 0.544. The fourth-order valence-electron chi connectivity index (χ4n) is 3.78. The summed E-state index contributed by atoms with van der Waals surface area (Å²) in [5.74, 6) is -0.575. The van der Waals surface area contributed by atoms with E-state index in [1.54, 1.807) is 29.2 Å². The van der Waals surface area contributed by atoms with Crippen LogP contribution in [0.15, 0.2) is 30.3 Å². The standard InChI is InChI=1S/C22H25FN6O3/c1-13-15(14(2)26-25-13)7-8-21(30)29-9-10-32-19(12-29)22(31)24-20-11-18(27-28-20)16-5-3-4-6-17(16)23/h3-6,11,19H,7-10,12H2,1-2H3,(H,25,26)(H2,24,27,28,31). The van der Waals surface area contributed by atoms with E-state index >= 15 is 0 Å². The Bertz CT molecular complexity index is 1110. The Morgan fingerprint density at radius 1 is 1.25 bits per heavy atom. The van der Waals surface area contributed by atoms with Crippen LogP contribution >= 0.6 is 0 Å². The van der Waals surface area contributed by atoms with Gasteiger partial charge in [0.05, 0.1) is 24.5 Å². The molecule has 2 amide bonds. The first-order valence-electron chi connectivity index (χ1n) is 10.4. The number of nitrogens with zero attached hydrogens (tertiary/aromatic N) is 3. The normalized spacial score (nSPS) is 16.2. The molecule has 168 valence electrons. The van der Waals surface area contributed by atoms with Crippen molar-refractivity contribution in [1.82, 2.24) is 25.3 Å². The van der Waals surface area contributed by atoms with Crippen molar-refractivity contribution in [1.29, 1.82) is 0 Å². The van der Waals surface area contributed by atoms with E-state index in [-0.39, 0.29) is 30.7 Å². The second-order valence-corrected chi connectivity index (χ2v) is 7.75. The Morgan fingerprint density at radius 3 is 2.81 bits per heavy atom. The van der Waals surface area contributed by atoms with Gasteiger partial charge in [-0.25, -0.2) is 4.39 Å². The zero-order chi connectivity index (χ0) is 22.7. The number of benzene rings is 1. The second kappa shape index (κ2) is 9.31. The fraction of sp³-hybridized carbons (Fsp3) is 0.364. The number of aromatic amines is 2. The third-order valence-corrected chi connectivity index (χ3v) is 5.57. The number of anilines is 1. The van der Waals surface area contributed by atoms with E-state index < -0.39 is 12.0 Å². The first-order chi connectivity index (χ1) is 15.4. The SMILES string of the molecule is Cc1n[nH]c(C)c1CCC(=O)N1CCOC(C(=O)Nc2cc(-c3ccccc3F)[nH]n2)C1. The molecule has 0 bridgehead atoms. The van der Waals surface area contributed by atoms with Crippen LogP contribution in [0.5, 0.6) is 0 Å². The number of amides is 2. The number of H-pyrrole nitrogens is 2. The lowest BCUT2D eigenvalue weighted by Gasteiger charge is -2.32. The van der Waals surface area contributed by atoms with Crippen molar-refractivity contribution in [2.75, 3.05) is 25.0 Å². The summed E-state index contributed by atoms with van der Waals surface area (Å²) in [4.78, 5) is 27.0. The Balaban J connectivity index is 1.33. The highest BCUT2D eigenvalue weighted by molar-refractivity contribution is 5.94. The first kappa shape index (κ1) is 21.7. The van der Waals surface area contributed by atoms with Gasteiger partial charge in [-0.15, -0.1) is 0 Å². The topological polar surface area (TPSA) is 116 Å². The molecule has 10 heteroatoms. The van der Waals surface area contributed by atoms with Crippen molar-refractivity contribution in [3.8, 4) is 11.3 Å². The highest BCUT2D eigenvalue weighted by Crippen LogP contribution is 2.23. The molecule has 2 aromatic heterocycles. The maximum Gasteiger partial charge on any atom is 0.256 e. The van der Waals surface area contributed by atoms with Gasteiger partial charge in [-0.2, -0.15) is 10.2 Å². The zero-order valence-electron chi connectivity index (χ0n) is 17.9. The van der Waals surface area contributed by atoms with Crippen LogP contribution in [0.3, 0.4) is 0 Å². The molecular formula is C22H25FN6O3. The number of carbonyl (C=O) groups is 2. The van der Waals surface area contributed by atoms with Crippen molar-refractivity contribution in [2.45, 2.75) is 32.8 Å². The van der Waals surface area contributed by atoms with Gasteiger partial charge in [-0.1, -0.05) is 12.1 Å². The summed E-state index contributed by atoms with van der Waals surface area (Å²) in [6, 6.07) is 7.84. The number of ether oxygens (including phenoxy) is 1. The molecular weight excluding hydrogens is 415 g/mol. The summed E-state index contributed by atoms with van der Waals surface area (Å²) in [5, 5.41) is 16.5. The molecule has 0 radical (unpaired) electrons. The minimum absolute atomic E-state index is 0.0345. The number of halogens is 1. The number of aryl methyl sites for hydroxylation is 2. The van der Waals surface area contributed by atoms with Crippen LogP contribution in [0, 0.1) is 19.7 Å². The maximum absolute atomic E-state index is 14.0. The maximum atomic E-state index is 14.0. The van der Waals surface area contributed by atoms with Gasteiger partial charge in [0.15, 0.2) is 11.9 Å². The highest BCUT2D eigenvalue weighted by atomic mass is 19.1. The molecule has 1 fully saturated rings. The van der Waals surface area contributed by atoms with E-state index in [9.17, 15) is 14.0 Å². The third kappa shape index (κ3) is 4.70. The van der Waals surface area contributed by atoms with E-state index in [1.165, 1.54) is 6.07 Å². The van der Waals surface area contributed by atoms with Crippen molar-refractivity contribution in [3.05, 3.63) is 53.1 Å². The van der Waals surface area contributed by atoms with Gasteiger partial charge in [-0.05, 0) is 38.0 Å². The summed E-state index contributed by atoms with van der Waals surface area (Å²) in [5.41, 5.74) is 3.70. The molecule has 1 aliphatic rings. The summed E-state index contributed by atoms with van der Waals surface area (Å²) in [6.07, 6.45) is 0.118. The molecule has 1 saturated heterocycles. The van der Waals surface area contributed by atoms with Gasteiger partial charge in [0, 0.05) is 30.3 Å². The average molecular weight is 440 g/mol. The van der Waals surface area contributed by atoms with Crippen molar-refractivity contribution in [2.24, 2.45) is 0 Å². The average Bonchev–Trinajstić information content (AvgIpc) is 3.38. The largest absolute Gasteiger partial charge is 0.365 e. The molecule has 1 aromatic carbocycles. The van der Waals surface area contributed by atoms with Crippen LogP contribution in [0.1, 0.15) is 23.4 Å². The summed E-state index contributed by atoms with van der Waals surface area (Å²) < 4.78 is 19.5. The predicted octanol–water partition coefficient (Wildman–Crippen LogP) is 2.35. The van der Waals surface area contributed by atoms with Crippen molar-refractivity contribution in [3.63, 3.8) is 0 Å². The lowest BCUT2D eigenvalue weighted by molar-refractivity contribution is -0.144. The van der Waals surface area contributed by atoms with Crippen LogP contribution < -0.4 is 5.32 Å². The number of carbonyl (C=O) groups excluding carboxylic acids is 2. The molecule has 1 aliphatic heterocycles. The van der Waals surface area contributed by atoms with E-state index in [1.807, 2.05) is 13.8 Å². The number of hydrogen-bond donors (Lipinski definition) is 3. The molecule has 3 heterocycles. The molecule has 32 heavy (non-hydrogen) atoms. The van der Waals surface area contributed by atoms with E-state index in [0.717, 1.165) is 17.0 Å². The van der Waals surface area contributed by atoms with E-state index in [0.29, 0.717) is 30.6 Å². The van der Waals surface area contributed by atoms with Gasteiger partial charge < -0.3 is 15.0 Å². The van der Waals surface area contributed by atoms with Crippen LogP contribution in [-0.2, 0) is 20.7 Å². The fourth-order valence-corrected chi connectivity index (χ4v) is 3.78. The summed E-state index contributed by atoms with van der Waals surface area (Å²) >= 11 is 0. The number of morpholine rings is 1. The number of rotatable bonds is 6. The predicted molar refractivity (Wildman–Crippen MR) is 115 cm³/mol. The van der Waals surface area contributed by atoms with E-state index in [2.05, 4.69) is 25.7 Å². The van der Waals surface area contributed by atoms with Gasteiger partial charge >= 0.3 is 0 Å². The van der Waals surface area contributed by atoms with Gasteiger partial charge in [0.1, 0.15) is 5.82 Å². The minimum atomic E-state index is -0.807. The molecule has 3 N–H and O–H groups in total. The molecule has 4 rings (SSSR count). The highest BCUT2D eigenvalue weighted by Gasteiger charge is 2.29. The van der Waals surface area contributed by atoms with Crippen molar-refractivity contribution < 1.29 is 18.7 Å². The van der Waals surface area contributed by atoms with Crippen LogP contribution in [0.2, 0.25) is 0 Å². The van der Waals surface area contributed by atoms with Gasteiger partial charge in [0.25, 0.3) is 5.91 Å². The smallest absolute Gasteiger partial charge is 0.256 e. The van der Waals surface area contributed by atoms with Gasteiger partial charge in [-0.3, -0.25) is 19.8 Å². The molecule has 3 aromatic rings. The van der Waals surface area contributed by atoms with Crippen LogP contribution in [0.4, 0.5) is 10.2 Å². The Kier molecular flexibility index (Phi) is 6.31. The minimum Gasteiger partial charge on any atom is -0.365 e. The first-order valence-corrected chi connectivity index (χ1v) is 10.4. The zero-order valence-corrected chi connectivity index (χ0v) is 17.9. The lowest BCUT2D eigenvalue weighted by Crippen LogP contribution is -2.50. The number of nitrogens with one attached hydrogen (secondary N) is 3. The molecule has 9 nitrogen and oxygen atoms in total. The Hall–Kier alpha value is -3.53. The Labute approximate surface area is 184 Å². The van der Waals surface area contributed by atoms with Crippen LogP contribution in [0.25, 0.3) is 11.3 Å². The van der Waals surface area contributed by atoms with Gasteiger partial charge in [0.2, 0.25) is 5.91 Å². The molecule has 1 atom stereocenters. The monoisotopic (exact) mass is 440 g/mol. The lowest BCUT2D eigenvalue weighted by atomic mass is 10.1. The number of aromatic nitrogens is 4. The third-order valence-electron chi connectivity index (χ3n) is 5.57. The molecule has 0 saturated carbocycles. The second-order valence-electron chi connectivity index (χ2n) is 7.75. The van der Waals surface area contributed by atoms with E-state index in [4.69, 9.17) is 4.74 Å². The van der Waals surface area contributed by atoms with Crippen molar-refractivity contribution >= 4 is 17.6 Å². The summed E-state index contributed by atoms with van der Waals surface area (Å²) in [6.45, 7) is 4.71. The summed E-state index contributed by atoms with van der Waals surface area (Å²) in [7, 11) is 0. The molecule has 0 spiro atoms. The molecule has 0 aliphatic carbocycles.